The maximum Gasteiger partial charge on any atom is 0.258 e. The van der Waals surface area contributed by atoms with Crippen LogP contribution in [-0.2, 0) is 6.42 Å². The maximum absolute atomic E-state index is 12.7. The first-order valence-corrected chi connectivity index (χ1v) is 7.87. The lowest BCUT2D eigenvalue weighted by Gasteiger charge is -2.17. The molecule has 0 atom stereocenters. The van der Waals surface area contributed by atoms with Gasteiger partial charge in [0.2, 0.25) is 0 Å². The van der Waals surface area contributed by atoms with Gasteiger partial charge in [-0.2, -0.15) is 0 Å². The Morgan fingerprint density at radius 1 is 1.00 bits per heavy atom. The van der Waals surface area contributed by atoms with Crippen LogP contribution in [0.1, 0.15) is 40.1 Å². The third kappa shape index (κ3) is 3.11. The minimum Gasteiger partial charge on any atom is -0.350 e. The fraction of sp³-hybridized carbons (Fsp3) is 0.263. The number of fused-ring (bicyclic) bond motifs is 1. The monoisotopic (exact) mass is 308 g/mol. The van der Waals surface area contributed by atoms with Crippen LogP contribution in [0.2, 0.25) is 0 Å². The molecule has 0 bridgehead atoms. The fourth-order valence-corrected chi connectivity index (χ4v) is 2.81. The molecule has 0 fully saturated rings. The first kappa shape index (κ1) is 15.3. The van der Waals surface area contributed by atoms with Crippen molar-refractivity contribution in [3.63, 3.8) is 0 Å². The molecule has 0 spiro atoms. The summed E-state index contributed by atoms with van der Waals surface area (Å²) in [5, 5.41) is 2.84. The summed E-state index contributed by atoms with van der Waals surface area (Å²) in [6.07, 6.45) is 0.886. The number of amides is 2. The van der Waals surface area contributed by atoms with Gasteiger partial charge in [0.15, 0.2) is 0 Å². The Hall–Kier alpha value is -2.62. The van der Waals surface area contributed by atoms with Gasteiger partial charge >= 0.3 is 0 Å². The predicted octanol–water partition coefficient (Wildman–Crippen LogP) is 3.03. The molecule has 0 aliphatic carbocycles. The second kappa shape index (κ2) is 6.24. The molecule has 4 heteroatoms. The van der Waals surface area contributed by atoms with Gasteiger partial charge in [-0.25, -0.2) is 0 Å². The lowest BCUT2D eigenvalue weighted by Crippen LogP contribution is -2.30. The second-order valence-corrected chi connectivity index (χ2v) is 6.04. The molecule has 0 aromatic heterocycles. The summed E-state index contributed by atoms with van der Waals surface area (Å²) in [5.74, 6) is -0.142. The molecular weight excluding hydrogens is 288 g/mol. The van der Waals surface area contributed by atoms with Crippen LogP contribution in [0.25, 0.3) is 0 Å². The van der Waals surface area contributed by atoms with Crippen molar-refractivity contribution in [3.05, 3.63) is 65.2 Å². The second-order valence-electron chi connectivity index (χ2n) is 6.04. The highest BCUT2D eigenvalue weighted by atomic mass is 16.2. The molecule has 0 unspecified atom stereocenters. The first-order chi connectivity index (χ1) is 11.1. The Kier molecular flexibility index (Phi) is 4.15. The third-order valence-corrected chi connectivity index (χ3v) is 3.95. The van der Waals surface area contributed by atoms with Gasteiger partial charge in [0.25, 0.3) is 11.8 Å². The number of nitrogens with one attached hydrogen (secondary N) is 1. The molecule has 1 heterocycles. The number of carbonyl (C=O) groups excluding carboxylic acids is 2. The summed E-state index contributed by atoms with van der Waals surface area (Å²) in [5.41, 5.74) is 3.35. The summed E-state index contributed by atoms with van der Waals surface area (Å²) in [4.78, 5) is 26.4. The van der Waals surface area contributed by atoms with Crippen LogP contribution in [-0.4, -0.2) is 24.4 Å². The molecule has 3 rings (SSSR count). The number of hydrogen-bond donors (Lipinski definition) is 1. The Bertz CT molecular complexity index is 735. The molecule has 1 aliphatic rings. The number of hydrogen-bond acceptors (Lipinski definition) is 2. The van der Waals surface area contributed by atoms with E-state index in [-0.39, 0.29) is 17.9 Å². The zero-order chi connectivity index (χ0) is 16.4. The molecule has 1 N–H and O–H groups in total. The number of carbonyl (C=O) groups is 2. The number of para-hydroxylation sites is 1. The molecule has 2 amide bonds. The topological polar surface area (TPSA) is 49.4 Å². The van der Waals surface area contributed by atoms with Gasteiger partial charge < -0.3 is 10.2 Å². The van der Waals surface area contributed by atoms with Crippen molar-refractivity contribution in [3.8, 4) is 0 Å². The average molecular weight is 308 g/mol. The third-order valence-electron chi connectivity index (χ3n) is 3.95. The Morgan fingerprint density at radius 2 is 1.65 bits per heavy atom. The lowest BCUT2D eigenvalue weighted by molar-refractivity contribution is 0.0940. The van der Waals surface area contributed by atoms with E-state index in [9.17, 15) is 9.59 Å². The van der Waals surface area contributed by atoms with Crippen molar-refractivity contribution >= 4 is 17.5 Å². The number of benzene rings is 2. The summed E-state index contributed by atoms with van der Waals surface area (Å²) < 4.78 is 0. The largest absolute Gasteiger partial charge is 0.350 e. The van der Waals surface area contributed by atoms with Crippen molar-refractivity contribution in [2.45, 2.75) is 26.3 Å². The Labute approximate surface area is 136 Å². The van der Waals surface area contributed by atoms with E-state index >= 15 is 0 Å². The molecule has 118 valence electrons. The van der Waals surface area contributed by atoms with Gasteiger partial charge in [0.1, 0.15) is 0 Å². The Morgan fingerprint density at radius 3 is 2.35 bits per heavy atom. The van der Waals surface area contributed by atoms with Crippen molar-refractivity contribution in [2.24, 2.45) is 0 Å². The van der Waals surface area contributed by atoms with Crippen molar-refractivity contribution in [2.75, 3.05) is 11.4 Å². The standard InChI is InChI=1S/C19H20N2O2/c1-13(2)20-18(22)15-7-9-16(10-8-15)19(23)21-12-11-14-5-3-4-6-17(14)21/h3-10,13H,11-12H2,1-2H3,(H,20,22). The quantitative estimate of drug-likeness (QED) is 0.947. The number of nitrogens with zero attached hydrogens (tertiary/aromatic N) is 1. The van der Waals surface area contributed by atoms with E-state index in [1.807, 2.05) is 32.0 Å². The van der Waals surface area contributed by atoms with E-state index in [4.69, 9.17) is 0 Å². The summed E-state index contributed by atoms with van der Waals surface area (Å²) in [6.45, 7) is 4.54. The zero-order valence-electron chi connectivity index (χ0n) is 13.4. The molecule has 2 aromatic carbocycles. The molecule has 0 saturated heterocycles. The highest BCUT2D eigenvalue weighted by molar-refractivity contribution is 6.07. The van der Waals surface area contributed by atoms with Gasteiger partial charge in [0, 0.05) is 29.4 Å². The van der Waals surface area contributed by atoms with E-state index in [0.717, 1.165) is 12.1 Å². The van der Waals surface area contributed by atoms with Crippen molar-refractivity contribution in [1.82, 2.24) is 5.32 Å². The van der Waals surface area contributed by atoms with Crippen LogP contribution < -0.4 is 10.2 Å². The highest BCUT2D eigenvalue weighted by Crippen LogP contribution is 2.28. The van der Waals surface area contributed by atoms with Crippen LogP contribution in [0.15, 0.2) is 48.5 Å². The molecular formula is C19H20N2O2. The minimum atomic E-state index is -0.120. The summed E-state index contributed by atoms with van der Waals surface area (Å²) in [7, 11) is 0. The average Bonchev–Trinajstić information content (AvgIpc) is 2.97. The summed E-state index contributed by atoms with van der Waals surface area (Å²) >= 11 is 0. The summed E-state index contributed by atoms with van der Waals surface area (Å²) in [6, 6.07) is 14.9. The molecule has 0 radical (unpaired) electrons. The predicted molar refractivity (Wildman–Crippen MR) is 90.9 cm³/mol. The van der Waals surface area contributed by atoms with Crippen LogP contribution in [0.5, 0.6) is 0 Å². The number of rotatable bonds is 3. The minimum absolute atomic E-state index is 0.0224. The van der Waals surface area contributed by atoms with E-state index in [1.54, 1.807) is 29.2 Å². The van der Waals surface area contributed by atoms with Crippen LogP contribution >= 0.6 is 0 Å². The van der Waals surface area contributed by atoms with Crippen LogP contribution in [0, 0.1) is 0 Å². The highest BCUT2D eigenvalue weighted by Gasteiger charge is 2.25. The van der Waals surface area contributed by atoms with Crippen molar-refractivity contribution < 1.29 is 9.59 Å². The van der Waals surface area contributed by atoms with Crippen LogP contribution in [0.4, 0.5) is 5.69 Å². The van der Waals surface area contributed by atoms with E-state index < -0.39 is 0 Å². The van der Waals surface area contributed by atoms with Crippen molar-refractivity contribution in [1.29, 1.82) is 0 Å². The van der Waals surface area contributed by atoms with E-state index in [2.05, 4.69) is 11.4 Å². The molecule has 1 aliphatic heterocycles. The SMILES string of the molecule is CC(C)NC(=O)c1ccc(C(=O)N2CCc3ccccc32)cc1. The Balaban J connectivity index is 1.78. The number of anilines is 1. The van der Waals surface area contributed by atoms with Gasteiger partial charge in [0.05, 0.1) is 0 Å². The van der Waals surface area contributed by atoms with Gasteiger partial charge in [-0.05, 0) is 56.2 Å². The van der Waals surface area contributed by atoms with Gasteiger partial charge in [-0.3, -0.25) is 9.59 Å². The smallest absolute Gasteiger partial charge is 0.258 e. The molecule has 4 nitrogen and oxygen atoms in total. The molecule has 23 heavy (non-hydrogen) atoms. The van der Waals surface area contributed by atoms with Gasteiger partial charge in [-0.15, -0.1) is 0 Å². The van der Waals surface area contributed by atoms with E-state index in [1.165, 1.54) is 5.56 Å². The lowest BCUT2D eigenvalue weighted by atomic mass is 10.1. The van der Waals surface area contributed by atoms with Gasteiger partial charge in [-0.1, -0.05) is 18.2 Å². The first-order valence-electron chi connectivity index (χ1n) is 7.87. The molecule has 2 aromatic rings. The maximum atomic E-state index is 12.7. The van der Waals surface area contributed by atoms with Crippen LogP contribution in [0.3, 0.4) is 0 Å². The van der Waals surface area contributed by atoms with E-state index in [0.29, 0.717) is 17.7 Å². The fourth-order valence-electron chi connectivity index (χ4n) is 2.81. The normalized spacial score (nSPS) is 13.1. The molecule has 0 saturated carbocycles. The zero-order valence-corrected chi connectivity index (χ0v) is 13.4.